The van der Waals surface area contributed by atoms with Crippen LogP contribution in [-0.2, 0) is 17.9 Å². The zero-order chi connectivity index (χ0) is 15.1. The first-order valence-corrected chi connectivity index (χ1v) is 6.86. The van der Waals surface area contributed by atoms with Crippen LogP contribution >= 0.6 is 0 Å². The summed E-state index contributed by atoms with van der Waals surface area (Å²) in [5, 5.41) is 9.04. The number of benzene rings is 2. The van der Waals surface area contributed by atoms with Gasteiger partial charge in [-0.25, -0.2) is 4.79 Å². The number of carboxylic acid groups (broad SMARTS) is 1. The Morgan fingerprint density at radius 2 is 1.33 bits per heavy atom. The average Bonchev–Trinajstić information content (AvgIpc) is 2.49. The van der Waals surface area contributed by atoms with Gasteiger partial charge < -0.3 is 5.11 Å². The van der Waals surface area contributed by atoms with Crippen molar-refractivity contribution in [1.82, 2.24) is 4.90 Å². The Labute approximate surface area is 125 Å². The first kappa shape index (κ1) is 15.0. The second-order valence-electron chi connectivity index (χ2n) is 5.03. The monoisotopic (exact) mass is 281 g/mol. The minimum absolute atomic E-state index is 0.210. The third-order valence-electron chi connectivity index (χ3n) is 3.21. The van der Waals surface area contributed by atoms with Crippen LogP contribution < -0.4 is 0 Å². The van der Waals surface area contributed by atoms with Crippen molar-refractivity contribution in [2.45, 2.75) is 13.1 Å². The summed E-state index contributed by atoms with van der Waals surface area (Å²) < 4.78 is 0. The van der Waals surface area contributed by atoms with E-state index in [1.165, 1.54) is 0 Å². The van der Waals surface area contributed by atoms with Gasteiger partial charge in [0.2, 0.25) is 0 Å². The second kappa shape index (κ2) is 7.41. The molecule has 2 aromatic carbocycles. The highest BCUT2D eigenvalue weighted by Crippen LogP contribution is 2.11. The third kappa shape index (κ3) is 4.89. The number of nitrogens with zero attached hydrogens (tertiary/aromatic N) is 1. The fourth-order valence-electron chi connectivity index (χ4n) is 2.19. The standard InChI is InChI=1S/C18H19NO2/c1-15(18(20)21)12-19(13-16-8-4-2-5-9-16)14-17-10-6-3-7-11-17/h2-11H,1,12-14H2,(H,20,21). The van der Waals surface area contributed by atoms with Crippen LogP contribution in [0.1, 0.15) is 11.1 Å². The van der Waals surface area contributed by atoms with Gasteiger partial charge >= 0.3 is 5.97 Å². The van der Waals surface area contributed by atoms with Crippen molar-refractivity contribution in [3.8, 4) is 0 Å². The summed E-state index contributed by atoms with van der Waals surface area (Å²) in [4.78, 5) is 13.1. The maximum absolute atomic E-state index is 11.0. The smallest absolute Gasteiger partial charge is 0.332 e. The Hall–Kier alpha value is -2.39. The summed E-state index contributed by atoms with van der Waals surface area (Å²) in [6, 6.07) is 20.1. The molecule has 1 N–H and O–H groups in total. The van der Waals surface area contributed by atoms with Crippen molar-refractivity contribution >= 4 is 5.97 Å². The molecule has 0 heterocycles. The zero-order valence-electron chi connectivity index (χ0n) is 11.9. The molecular weight excluding hydrogens is 262 g/mol. The van der Waals surface area contributed by atoms with Gasteiger partial charge in [0.15, 0.2) is 0 Å². The Morgan fingerprint density at radius 1 is 0.905 bits per heavy atom. The molecule has 3 heteroatoms. The minimum atomic E-state index is -0.943. The predicted molar refractivity (Wildman–Crippen MR) is 83.8 cm³/mol. The second-order valence-corrected chi connectivity index (χ2v) is 5.03. The molecule has 3 nitrogen and oxygen atoms in total. The van der Waals surface area contributed by atoms with Gasteiger partial charge in [0.1, 0.15) is 0 Å². The van der Waals surface area contributed by atoms with Gasteiger partial charge in [0, 0.05) is 25.2 Å². The van der Waals surface area contributed by atoms with E-state index in [2.05, 4.69) is 11.5 Å². The number of aliphatic carboxylic acids is 1. The molecule has 0 fully saturated rings. The van der Waals surface area contributed by atoms with Crippen LogP contribution in [0, 0.1) is 0 Å². The molecule has 0 unspecified atom stereocenters. The molecule has 0 aliphatic rings. The SMILES string of the molecule is C=C(CN(Cc1ccccc1)Cc1ccccc1)C(=O)O. The largest absolute Gasteiger partial charge is 0.478 e. The van der Waals surface area contributed by atoms with Crippen molar-refractivity contribution in [3.05, 3.63) is 83.9 Å². The topological polar surface area (TPSA) is 40.5 Å². The highest BCUT2D eigenvalue weighted by Gasteiger charge is 2.12. The average molecular weight is 281 g/mol. The van der Waals surface area contributed by atoms with E-state index in [9.17, 15) is 4.79 Å². The maximum atomic E-state index is 11.0. The molecule has 2 rings (SSSR count). The molecule has 0 aliphatic carbocycles. The van der Waals surface area contributed by atoms with E-state index < -0.39 is 5.97 Å². The van der Waals surface area contributed by atoms with Crippen LogP contribution in [-0.4, -0.2) is 22.5 Å². The molecule has 0 bridgehead atoms. The lowest BCUT2D eigenvalue weighted by Gasteiger charge is -2.22. The Bertz CT molecular complexity index is 552. The van der Waals surface area contributed by atoms with Crippen LogP contribution in [0.4, 0.5) is 0 Å². The summed E-state index contributed by atoms with van der Waals surface area (Å²) in [5.74, 6) is -0.943. The highest BCUT2D eigenvalue weighted by molar-refractivity contribution is 5.86. The first-order valence-electron chi connectivity index (χ1n) is 6.86. The molecule has 0 radical (unpaired) electrons. The first-order chi connectivity index (χ1) is 10.1. The number of hydrogen-bond donors (Lipinski definition) is 1. The summed E-state index contributed by atoms with van der Waals surface area (Å²) in [7, 11) is 0. The van der Waals surface area contributed by atoms with Crippen LogP contribution in [0.15, 0.2) is 72.8 Å². The van der Waals surface area contributed by atoms with E-state index in [0.29, 0.717) is 19.6 Å². The lowest BCUT2D eigenvalue weighted by Crippen LogP contribution is -2.27. The van der Waals surface area contributed by atoms with Crippen LogP contribution in [0.5, 0.6) is 0 Å². The lowest BCUT2D eigenvalue weighted by molar-refractivity contribution is -0.132. The van der Waals surface area contributed by atoms with Gasteiger partial charge in [-0.1, -0.05) is 67.2 Å². The van der Waals surface area contributed by atoms with E-state index in [-0.39, 0.29) is 5.57 Å². The molecule has 0 amide bonds. The molecule has 0 aromatic heterocycles. The molecule has 0 saturated heterocycles. The van der Waals surface area contributed by atoms with Crippen molar-refractivity contribution in [2.24, 2.45) is 0 Å². The lowest BCUT2D eigenvalue weighted by atomic mass is 10.1. The summed E-state index contributed by atoms with van der Waals surface area (Å²) >= 11 is 0. The van der Waals surface area contributed by atoms with Crippen LogP contribution in [0.2, 0.25) is 0 Å². The number of carboxylic acids is 1. The molecule has 2 aromatic rings. The van der Waals surface area contributed by atoms with Gasteiger partial charge in [-0.2, -0.15) is 0 Å². The Morgan fingerprint density at radius 3 is 1.71 bits per heavy atom. The van der Waals surface area contributed by atoms with Crippen LogP contribution in [0.3, 0.4) is 0 Å². The maximum Gasteiger partial charge on any atom is 0.332 e. The van der Waals surface area contributed by atoms with Gasteiger partial charge in [-0.05, 0) is 11.1 Å². The zero-order valence-corrected chi connectivity index (χ0v) is 11.9. The summed E-state index contributed by atoms with van der Waals surface area (Å²) in [6.45, 7) is 5.38. The Balaban J connectivity index is 2.10. The van der Waals surface area contributed by atoms with Crippen molar-refractivity contribution in [2.75, 3.05) is 6.54 Å². The summed E-state index contributed by atoms with van der Waals surface area (Å²) in [5.41, 5.74) is 2.53. The van der Waals surface area contributed by atoms with E-state index in [1.807, 2.05) is 60.7 Å². The fourth-order valence-corrected chi connectivity index (χ4v) is 2.19. The van der Waals surface area contributed by atoms with Gasteiger partial charge in [0.05, 0.1) is 0 Å². The fraction of sp³-hybridized carbons (Fsp3) is 0.167. The predicted octanol–water partition coefficient (Wildman–Crippen LogP) is 3.33. The van der Waals surface area contributed by atoms with Gasteiger partial charge in [-0.3, -0.25) is 4.90 Å². The minimum Gasteiger partial charge on any atom is -0.478 e. The summed E-state index contributed by atoms with van der Waals surface area (Å²) in [6.07, 6.45) is 0. The molecule has 0 spiro atoms. The molecule has 21 heavy (non-hydrogen) atoms. The quantitative estimate of drug-likeness (QED) is 0.791. The number of carbonyl (C=O) groups is 1. The van der Waals surface area contributed by atoms with E-state index in [4.69, 9.17) is 5.11 Å². The highest BCUT2D eigenvalue weighted by atomic mass is 16.4. The van der Waals surface area contributed by atoms with Gasteiger partial charge in [0.25, 0.3) is 0 Å². The molecule has 0 atom stereocenters. The van der Waals surface area contributed by atoms with E-state index >= 15 is 0 Å². The van der Waals surface area contributed by atoms with Crippen molar-refractivity contribution in [1.29, 1.82) is 0 Å². The molecular formula is C18H19NO2. The Kier molecular flexibility index (Phi) is 5.29. The molecule has 108 valence electrons. The van der Waals surface area contributed by atoms with Crippen molar-refractivity contribution < 1.29 is 9.90 Å². The van der Waals surface area contributed by atoms with Gasteiger partial charge in [-0.15, -0.1) is 0 Å². The van der Waals surface area contributed by atoms with E-state index in [0.717, 1.165) is 11.1 Å². The van der Waals surface area contributed by atoms with Crippen molar-refractivity contribution in [3.63, 3.8) is 0 Å². The molecule has 0 aliphatic heterocycles. The normalized spacial score (nSPS) is 10.5. The number of rotatable bonds is 7. The third-order valence-corrected chi connectivity index (χ3v) is 3.21. The number of hydrogen-bond acceptors (Lipinski definition) is 2. The molecule has 0 saturated carbocycles. The van der Waals surface area contributed by atoms with E-state index in [1.54, 1.807) is 0 Å². The van der Waals surface area contributed by atoms with Crippen LogP contribution in [0.25, 0.3) is 0 Å².